The van der Waals surface area contributed by atoms with Crippen molar-refractivity contribution in [1.29, 1.82) is 0 Å². The minimum absolute atomic E-state index is 0.0833. The Morgan fingerprint density at radius 3 is 2.44 bits per heavy atom. The zero-order valence-electron chi connectivity index (χ0n) is 14.5. The van der Waals surface area contributed by atoms with Crippen LogP contribution in [0.4, 0.5) is 5.69 Å². The average Bonchev–Trinajstić information content (AvgIpc) is 2.46. The number of carbonyl (C=O) groups excluding carboxylic acids is 1. The van der Waals surface area contributed by atoms with Crippen molar-refractivity contribution in [2.45, 2.75) is 57.2 Å². The van der Waals surface area contributed by atoms with E-state index in [4.69, 9.17) is 16.3 Å². The number of hydrogen-bond acceptors (Lipinski definition) is 4. The number of esters is 1. The first-order valence-corrected chi connectivity index (χ1v) is 9.24. The maximum Gasteiger partial charge on any atom is 0.317 e. The third-order valence-corrected chi connectivity index (χ3v) is 6.66. The van der Waals surface area contributed by atoms with Crippen LogP contribution in [0, 0.1) is 41.2 Å². The summed E-state index contributed by atoms with van der Waals surface area (Å²) in [7, 11) is 0. The number of rotatable bonds is 3. The molecule has 0 amide bonds. The fourth-order valence-corrected chi connectivity index (χ4v) is 6.48. The van der Waals surface area contributed by atoms with Crippen LogP contribution in [-0.4, -0.2) is 15.8 Å². The molecule has 4 saturated carbocycles. The summed E-state index contributed by atoms with van der Waals surface area (Å²) in [5.41, 5.74) is 0.678. The number of aryl methyl sites for hydroxylation is 2. The van der Waals surface area contributed by atoms with Crippen molar-refractivity contribution in [3.05, 3.63) is 33.4 Å². The third-order valence-electron chi connectivity index (χ3n) is 6.21. The molecule has 0 spiro atoms. The Morgan fingerprint density at radius 2 is 1.88 bits per heavy atom. The lowest BCUT2D eigenvalue weighted by Gasteiger charge is -2.58. The van der Waals surface area contributed by atoms with Gasteiger partial charge in [-0.2, -0.15) is 0 Å². The largest absolute Gasteiger partial charge is 0.418 e. The molecule has 0 unspecified atom stereocenters. The molecule has 0 saturated heterocycles. The molecule has 25 heavy (non-hydrogen) atoms. The quantitative estimate of drug-likeness (QED) is 0.257. The van der Waals surface area contributed by atoms with Crippen LogP contribution in [0.25, 0.3) is 0 Å². The van der Waals surface area contributed by atoms with E-state index >= 15 is 0 Å². The van der Waals surface area contributed by atoms with Crippen molar-refractivity contribution in [3.63, 3.8) is 0 Å². The summed E-state index contributed by atoms with van der Waals surface area (Å²) >= 11 is 6.79. The van der Waals surface area contributed by atoms with Crippen LogP contribution < -0.4 is 4.74 Å². The molecule has 134 valence electrons. The molecular formula is C19H22ClNO4. The Bertz CT molecular complexity index is 761. The lowest BCUT2D eigenvalue weighted by atomic mass is 9.49. The van der Waals surface area contributed by atoms with Crippen molar-refractivity contribution in [2.24, 2.45) is 17.3 Å². The summed E-state index contributed by atoms with van der Waals surface area (Å²) in [5.74, 6) is 0.697. The number of ether oxygens (including phenoxy) is 1. The molecule has 1 aromatic rings. The van der Waals surface area contributed by atoms with Crippen LogP contribution in [0.2, 0.25) is 0 Å². The highest BCUT2D eigenvalue weighted by Gasteiger charge is 2.61. The summed E-state index contributed by atoms with van der Waals surface area (Å²) in [6.45, 7) is 3.53. The van der Waals surface area contributed by atoms with E-state index < -0.39 is 10.3 Å². The normalized spacial score (nSPS) is 35.6. The van der Waals surface area contributed by atoms with Gasteiger partial charge >= 0.3 is 11.7 Å². The van der Waals surface area contributed by atoms with Crippen LogP contribution in [-0.2, 0) is 4.79 Å². The van der Waals surface area contributed by atoms with Gasteiger partial charge in [0.25, 0.3) is 0 Å². The maximum absolute atomic E-state index is 13.1. The fraction of sp³-hybridized carbons (Fsp3) is 0.632. The number of benzene rings is 1. The predicted molar refractivity (Wildman–Crippen MR) is 93.9 cm³/mol. The van der Waals surface area contributed by atoms with Crippen LogP contribution in [0.5, 0.6) is 5.75 Å². The molecule has 0 radical (unpaired) electrons. The van der Waals surface area contributed by atoms with Crippen molar-refractivity contribution in [2.75, 3.05) is 0 Å². The lowest BCUT2D eigenvalue weighted by Crippen LogP contribution is -2.57. The topological polar surface area (TPSA) is 69.4 Å². The second-order valence-electron chi connectivity index (χ2n) is 8.47. The molecule has 0 aromatic heterocycles. The van der Waals surface area contributed by atoms with Gasteiger partial charge in [-0.1, -0.05) is 6.07 Å². The van der Waals surface area contributed by atoms with Gasteiger partial charge in [-0.15, -0.1) is 11.6 Å². The third kappa shape index (κ3) is 2.73. The van der Waals surface area contributed by atoms with Gasteiger partial charge in [0.1, 0.15) is 0 Å². The van der Waals surface area contributed by atoms with Gasteiger partial charge in [-0.05, 0) is 75.3 Å². The zero-order valence-corrected chi connectivity index (χ0v) is 15.3. The van der Waals surface area contributed by atoms with E-state index in [9.17, 15) is 14.9 Å². The summed E-state index contributed by atoms with van der Waals surface area (Å²) in [6.07, 6.45) is 5.33. The number of nitro benzene ring substituents is 1. The van der Waals surface area contributed by atoms with Crippen LogP contribution in [0.1, 0.15) is 49.7 Å². The van der Waals surface area contributed by atoms with Gasteiger partial charge in [-0.3, -0.25) is 14.9 Å². The van der Waals surface area contributed by atoms with E-state index in [1.54, 1.807) is 19.9 Å². The first-order valence-electron chi connectivity index (χ1n) is 8.87. The van der Waals surface area contributed by atoms with E-state index in [0.29, 0.717) is 23.8 Å². The molecule has 1 aromatic carbocycles. The van der Waals surface area contributed by atoms with Crippen molar-refractivity contribution < 1.29 is 14.5 Å². The second-order valence-corrected chi connectivity index (χ2v) is 9.27. The average molecular weight is 364 g/mol. The van der Waals surface area contributed by atoms with Crippen LogP contribution in [0.15, 0.2) is 12.1 Å². The monoisotopic (exact) mass is 363 g/mol. The first kappa shape index (κ1) is 16.8. The Labute approximate surface area is 151 Å². The van der Waals surface area contributed by atoms with Gasteiger partial charge < -0.3 is 4.74 Å². The molecule has 0 heterocycles. The maximum atomic E-state index is 13.1. The number of halogens is 1. The predicted octanol–water partition coefficient (Wildman–Crippen LogP) is 4.69. The molecule has 5 rings (SSSR count). The smallest absolute Gasteiger partial charge is 0.317 e. The molecule has 4 fully saturated rings. The molecule has 0 N–H and O–H groups in total. The van der Waals surface area contributed by atoms with E-state index in [2.05, 4.69) is 0 Å². The summed E-state index contributed by atoms with van der Waals surface area (Å²) in [6, 6.07) is 3.26. The Balaban J connectivity index is 1.66. The molecule has 4 aliphatic rings. The molecular weight excluding hydrogens is 342 g/mol. The highest BCUT2D eigenvalue weighted by atomic mass is 35.5. The van der Waals surface area contributed by atoms with E-state index in [0.717, 1.165) is 37.7 Å². The molecule has 4 bridgehead atoms. The summed E-state index contributed by atoms with van der Waals surface area (Å²) < 4.78 is 5.68. The van der Waals surface area contributed by atoms with Crippen molar-refractivity contribution in [1.82, 2.24) is 0 Å². The SMILES string of the molecule is Cc1cc(C)c(OC(=O)C23C[C@H]4C[C@@H](CC(Cl)(C4)C2)C3)c([N+](=O)[O-])c1. The van der Waals surface area contributed by atoms with E-state index in [1.807, 2.05) is 0 Å². The highest BCUT2D eigenvalue weighted by molar-refractivity contribution is 6.24. The van der Waals surface area contributed by atoms with Crippen molar-refractivity contribution in [3.8, 4) is 5.75 Å². The Hall–Kier alpha value is -1.62. The fourth-order valence-electron chi connectivity index (χ4n) is 5.79. The minimum atomic E-state index is -0.572. The lowest BCUT2D eigenvalue weighted by molar-refractivity contribution is -0.385. The summed E-state index contributed by atoms with van der Waals surface area (Å²) in [5, 5.41) is 11.4. The number of nitrogens with zero attached hydrogens (tertiary/aromatic N) is 1. The Kier molecular flexibility index (Phi) is 3.66. The van der Waals surface area contributed by atoms with Gasteiger partial charge in [-0.25, -0.2) is 0 Å². The van der Waals surface area contributed by atoms with Gasteiger partial charge in [0.05, 0.1) is 10.3 Å². The Morgan fingerprint density at radius 1 is 1.24 bits per heavy atom. The van der Waals surface area contributed by atoms with Gasteiger partial charge in [0.15, 0.2) is 0 Å². The van der Waals surface area contributed by atoms with Crippen LogP contribution in [0.3, 0.4) is 0 Å². The zero-order chi connectivity index (χ0) is 18.0. The standard InChI is InChI=1S/C19H22ClNO4/c1-11-3-12(2)16(15(4-11)21(23)24)25-17(22)18-6-13-5-14(7-18)9-19(20,8-13)10-18/h3-4,13-14H,5-10H2,1-2H3/t13-,14-,18?,19?/m1/s1. The first-order chi connectivity index (χ1) is 11.7. The van der Waals surface area contributed by atoms with Crippen LogP contribution >= 0.6 is 11.6 Å². The number of hydrogen-bond donors (Lipinski definition) is 0. The molecule has 2 atom stereocenters. The number of nitro groups is 1. The van der Waals surface area contributed by atoms with Crippen molar-refractivity contribution >= 4 is 23.3 Å². The number of alkyl halides is 1. The van der Waals surface area contributed by atoms with Gasteiger partial charge in [0, 0.05) is 10.9 Å². The molecule has 5 nitrogen and oxygen atoms in total. The van der Waals surface area contributed by atoms with E-state index in [1.165, 1.54) is 6.07 Å². The molecule has 4 aliphatic carbocycles. The van der Waals surface area contributed by atoms with E-state index in [-0.39, 0.29) is 22.3 Å². The second kappa shape index (κ2) is 5.44. The molecule has 6 heteroatoms. The van der Waals surface area contributed by atoms with Gasteiger partial charge in [0.2, 0.25) is 5.75 Å². The minimum Gasteiger partial charge on any atom is -0.418 e. The summed E-state index contributed by atoms with van der Waals surface area (Å²) in [4.78, 5) is 23.7. The number of carbonyl (C=O) groups is 1. The molecule has 0 aliphatic heterocycles. The highest BCUT2D eigenvalue weighted by Crippen LogP contribution is 2.64.